The van der Waals surface area contributed by atoms with Crippen LogP contribution in [0.5, 0.6) is 0 Å². The van der Waals surface area contributed by atoms with Gasteiger partial charge in [-0.1, -0.05) is 79.9 Å². The average Bonchev–Trinajstić information content (AvgIpc) is 2.93. The van der Waals surface area contributed by atoms with Gasteiger partial charge in [-0.05, 0) is 73.5 Å². The topological polar surface area (TPSA) is 52.6 Å². The molecule has 35 heavy (non-hydrogen) atoms. The molecule has 0 spiro atoms. The molecule has 0 aromatic heterocycles. The third-order valence-electron chi connectivity index (χ3n) is 7.50. The molecule has 1 atom stereocenters. The maximum Gasteiger partial charge on any atom is 0.253 e. The highest BCUT2D eigenvalue weighted by Gasteiger charge is 2.21. The van der Waals surface area contributed by atoms with Gasteiger partial charge in [0.2, 0.25) is 0 Å². The maximum absolute atomic E-state index is 12.0. The van der Waals surface area contributed by atoms with Crippen LogP contribution in [0.2, 0.25) is 0 Å². The Hall–Kier alpha value is -2.69. The van der Waals surface area contributed by atoms with Crippen molar-refractivity contribution in [1.29, 1.82) is 0 Å². The zero-order chi connectivity index (χ0) is 24.5. The number of carbonyl (C=O) groups excluding carboxylic acids is 1. The molecule has 1 heterocycles. The highest BCUT2D eigenvalue weighted by Crippen LogP contribution is 2.26. The van der Waals surface area contributed by atoms with Gasteiger partial charge >= 0.3 is 0 Å². The van der Waals surface area contributed by atoms with E-state index in [1.165, 1.54) is 55.0 Å². The first kappa shape index (κ1) is 25.4. The van der Waals surface area contributed by atoms with Crippen molar-refractivity contribution in [3.05, 3.63) is 83.9 Å². The lowest BCUT2D eigenvalue weighted by Gasteiger charge is -2.29. The normalized spacial score (nSPS) is 18.1. The molecule has 4 nitrogen and oxygen atoms in total. The predicted octanol–water partition coefficient (Wildman–Crippen LogP) is 6.35. The van der Waals surface area contributed by atoms with Crippen molar-refractivity contribution in [1.82, 2.24) is 10.2 Å². The van der Waals surface area contributed by atoms with Crippen LogP contribution in [0.25, 0.3) is 10.8 Å². The van der Waals surface area contributed by atoms with E-state index in [1.54, 1.807) is 0 Å². The fraction of sp³-hybridized carbons (Fsp3) is 0.452. The number of hydrogen-bond acceptors (Lipinski definition) is 3. The summed E-state index contributed by atoms with van der Waals surface area (Å²) in [6.07, 6.45) is 8.27. The molecule has 3 aromatic rings. The van der Waals surface area contributed by atoms with Gasteiger partial charge in [-0.15, -0.1) is 0 Å². The summed E-state index contributed by atoms with van der Waals surface area (Å²) < 4.78 is 0. The van der Waals surface area contributed by atoms with Crippen LogP contribution >= 0.6 is 0 Å². The summed E-state index contributed by atoms with van der Waals surface area (Å²) in [7, 11) is 0. The van der Waals surface area contributed by atoms with Crippen molar-refractivity contribution in [2.75, 3.05) is 19.6 Å². The van der Waals surface area contributed by atoms with Crippen LogP contribution in [0.4, 0.5) is 0 Å². The molecular weight excluding hydrogens is 432 g/mol. The fourth-order valence-corrected chi connectivity index (χ4v) is 5.30. The minimum atomic E-state index is -0.232. The van der Waals surface area contributed by atoms with E-state index in [0.717, 1.165) is 11.5 Å². The van der Waals surface area contributed by atoms with Crippen LogP contribution in [0.15, 0.2) is 72.8 Å². The van der Waals surface area contributed by atoms with Gasteiger partial charge in [-0.2, -0.15) is 0 Å². The summed E-state index contributed by atoms with van der Waals surface area (Å²) in [4.78, 5) is 13.8. The number of amides is 1. The molecule has 0 bridgehead atoms. The zero-order valence-corrected chi connectivity index (χ0v) is 21.0. The molecule has 5 rings (SSSR count). The van der Waals surface area contributed by atoms with Gasteiger partial charge in [-0.3, -0.25) is 4.79 Å². The zero-order valence-electron chi connectivity index (χ0n) is 21.0. The van der Waals surface area contributed by atoms with Gasteiger partial charge in [0.15, 0.2) is 0 Å². The van der Waals surface area contributed by atoms with Crippen LogP contribution in [0.3, 0.4) is 0 Å². The number of piperidine rings is 1. The monoisotopic (exact) mass is 472 g/mol. The van der Waals surface area contributed by atoms with Crippen molar-refractivity contribution in [2.45, 2.75) is 64.0 Å². The first-order valence-electron chi connectivity index (χ1n) is 13.3. The molecule has 2 aliphatic rings. The number of benzene rings is 3. The number of likely N-dealkylation sites (tertiary alicyclic amines) is 1. The predicted molar refractivity (Wildman–Crippen MR) is 145 cm³/mol. The molecule has 1 amide bonds. The lowest BCUT2D eigenvalue weighted by atomic mass is 9.89. The van der Waals surface area contributed by atoms with E-state index in [-0.39, 0.29) is 12.0 Å². The molecule has 1 saturated heterocycles. The van der Waals surface area contributed by atoms with E-state index in [4.69, 9.17) is 0 Å². The van der Waals surface area contributed by atoms with Gasteiger partial charge in [0.1, 0.15) is 0 Å². The quantitative estimate of drug-likeness (QED) is 0.455. The average molecular weight is 473 g/mol. The molecular formula is C31H40N2O2. The Labute approximate surface area is 210 Å². The number of nitrogens with zero attached hydrogens (tertiary/aromatic N) is 1. The van der Waals surface area contributed by atoms with Gasteiger partial charge in [0.25, 0.3) is 5.91 Å². The Morgan fingerprint density at radius 1 is 0.886 bits per heavy atom. The molecule has 1 saturated carbocycles. The summed E-state index contributed by atoms with van der Waals surface area (Å²) in [6.45, 7) is 4.79. The second kappa shape index (κ2) is 12.9. The summed E-state index contributed by atoms with van der Waals surface area (Å²) >= 11 is 0. The molecule has 1 aliphatic carbocycles. The molecule has 2 fully saturated rings. The van der Waals surface area contributed by atoms with E-state index in [2.05, 4.69) is 54.7 Å². The number of fused-ring (bicyclic) bond motifs is 1. The highest BCUT2D eigenvalue weighted by molar-refractivity contribution is 5.94. The van der Waals surface area contributed by atoms with Gasteiger partial charge < -0.3 is 15.3 Å². The molecule has 1 unspecified atom stereocenters. The van der Waals surface area contributed by atoms with Crippen molar-refractivity contribution in [3.63, 3.8) is 0 Å². The summed E-state index contributed by atoms with van der Waals surface area (Å²) in [5, 5.41) is 15.8. The summed E-state index contributed by atoms with van der Waals surface area (Å²) in [6, 6.07) is 25.1. The number of hydrogen-bond donors (Lipinski definition) is 2. The minimum Gasteiger partial charge on any atom is -0.393 e. The Balaban J connectivity index is 0.000000172. The Bertz CT molecular complexity index is 1050. The Morgan fingerprint density at radius 2 is 1.54 bits per heavy atom. The van der Waals surface area contributed by atoms with E-state index < -0.39 is 0 Å². The smallest absolute Gasteiger partial charge is 0.253 e. The molecule has 3 aromatic carbocycles. The van der Waals surface area contributed by atoms with Crippen molar-refractivity contribution in [2.24, 2.45) is 5.92 Å². The number of nitrogens with one attached hydrogen (secondary N) is 1. The minimum absolute atomic E-state index is 0.0718. The van der Waals surface area contributed by atoms with Crippen LogP contribution in [0.1, 0.15) is 73.8 Å². The highest BCUT2D eigenvalue weighted by atomic mass is 16.3. The van der Waals surface area contributed by atoms with Crippen LogP contribution in [-0.4, -0.2) is 41.7 Å². The summed E-state index contributed by atoms with van der Waals surface area (Å²) in [5.41, 5.74) is 2.16. The second-order valence-corrected chi connectivity index (χ2v) is 10.1. The van der Waals surface area contributed by atoms with Crippen LogP contribution < -0.4 is 5.32 Å². The number of aliphatic hydroxyl groups is 1. The van der Waals surface area contributed by atoms with E-state index >= 15 is 0 Å². The molecule has 186 valence electrons. The van der Waals surface area contributed by atoms with E-state index in [9.17, 15) is 9.90 Å². The summed E-state index contributed by atoms with van der Waals surface area (Å²) in [5.74, 6) is 0.962. The van der Waals surface area contributed by atoms with Crippen molar-refractivity contribution < 1.29 is 9.90 Å². The number of rotatable bonds is 5. The molecule has 4 heteroatoms. The van der Waals surface area contributed by atoms with Gasteiger partial charge in [0.05, 0.1) is 6.10 Å². The number of carbonyl (C=O) groups is 1. The standard InChI is InChI=1S/C19H25N.C12H15NO2/c1-15(20-14-16-8-3-2-4-9-16)18-13-7-11-17-10-5-6-12-19(17)18;14-11-6-8-13(9-7-11)12(15)10-4-2-1-3-5-10/h5-7,10-13,15-16,20H,2-4,8-9,14H2,1H3;1-5,11,14H,6-9H2. The van der Waals surface area contributed by atoms with Crippen LogP contribution in [0, 0.1) is 5.92 Å². The first-order chi connectivity index (χ1) is 17.1. The fourth-order valence-electron chi connectivity index (χ4n) is 5.30. The second-order valence-electron chi connectivity index (χ2n) is 10.1. The molecule has 0 radical (unpaired) electrons. The number of aliphatic hydroxyl groups excluding tert-OH is 1. The largest absolute Gasteiger partial charge is 0.393 e. The lowest BCUT2D eigenvalue weighted by molar-refractivity contribution is 0.0546. The third-order valence-corrected chi connectivity index (χ3v) is 7.50. The molecule has 2 N–H and O–H groups in total. The van der Waals surface area contributed by atoms with Gasteiger partial charge in [-0.25, -0.2) is 0 Å². The van der Waals surface area contributed by atoms with Crippen molar-refractivity contribution in [3.8, 4) is 0 Å². The van der Waals surface area contributed by atoms with E-state index in [0.29, 0.717) is 32.0 Å². The first-order valence-corrected chi connectivity index (χ1v) is 13.3. The lowest BCUT2D eigenvalue weighted by Crippen LogP contribution is -2.40. The SMILES string of the molecule is CC(NCC1CCCCC1)c1cccc2ccccc12.O=C(c1ccccc1)N1CCC(O)CC1. The third kappa shape index (κ3) is 7.16. The Kier molecular flexibility index (Phi) is 9.33. The van der Waals surface area contributed by atoms with Crippen LogP contribution in [-0.2, 0) is 0 Å². The van der Waals surface area contributed by atoms with Crippen molar-refractivity contribution >= 4 is 16.7 Å². The molecule has 1 aliphatic heterocycles. The van der Waals surface area contributed by atoms with E-state index in [1.807, 2.05) is 35.2 Å². The maximum atomic E-state index is 12.0. The Morgan fingerprint density at radius 3 is 2.29 bits per heavy atom. The van der Waals surface area contributed by atoms with Gasteiger partial charge in [0, 0.05) is 24.7 Å².